The molecule has 0 amide bonds. The molecule has 134 valence electrons. The van der Waals surface area contributed by atoms with Gasteiger partial charge in [-0.3, -0.25) is 0 Å². The van der Waals surface area contributed by atoms with E-state index in [0.29, 0.717) is 13.1 Å². The second-order valence-electron chi connectivity index (χ2n) is 5.98. The number of hydrogen-bond acceptors (Lipinski definition) is 3. The third kappa shape index (κ3) is 4.05. The first-order chi connectivity index (χ1) is 11.8. The maximum absolute atomic E-state index is 13.2. The number of aryl methyl sites for hydroxylation is 1. The quantitative estimate of drug-likeness (QED) is 0.655. The number of halogens is 3. The van der Waals surface area contributed by atoms with E-state index in [4.69, 9.17) is 0 Å². The lowest BCUT2D eigenvalue weighted by Crippen LogP contribution is -2.29. The number of imidazole rings is 1. The highest BCUT2D eigenvalue weighted by Gasteiger charge is 2.40. The Balaban J connectivity index is 1.94. The maximum atomic E-state index is 13.2. The number of benzene rings is 1. The van der Waals surface area contributed by atoms with E-state index >= 15 is 0 Å². The second kappa shape index (κ2) is 7.30. The Morgan fingerprint density at radius 1 is 1.28 bits per heavy atom. The molecular formula is C16H16Br2FN3O2S. The lowest BCUT2D eigenvalue weighted by atomic mass is 9.89. The summed E-state index contributed by atoms with van der Waals surface area (Å²) in [5.74, 6) is -0.421. The largest absolute Gasteiger partial charge is 0.339 e. The fourth-order valence-electron chi connectivity index (χ4n) is 3.04. The molecule has 2 aromatic rings. The van der Waals surface area contributed by atoms with Crippen LogP contribution in [0.15, 0.2) is 51.3 Å². The van der Waals surface area contributed by atoms with Crippen LogP contribution in [0.25, 0.3) is 0 Å². The van der Waals surface area contributed by atoms with Crippen LogP contribution in [-0.2, 0) is 17.1 Å². The van der Waals surface area contributed by atoms with E-state index in [9.17, 15) is 12.8 Å². The summed E-state index contributed by atoms with van der Waals surface area (Å²) in [6, 6.07) is 6.21. The van der Waals surface area contributed by atoms with Gasteiger partial charge in [-0.05, 0) is 49.6 Å². The van der Waals surface area contributed by atoms with Crippen molar-refractivity contribution in [2.24, 2.45) is 13.0 Å². The van der Waals surface area contributed by atoms with E-state index in [1.54, 1.807) is 23.7 Å². The van der Waals surface area contributed by atoms with E-state index in [1.165, 1.54) is 29.0 Å². The number of aromatic nitrogens is 2. The van der Waals surface area contributed by atoms with Crippen molar-refractivity contribution in [3.8, 4) is 0 Å². The summed E-state index contributed by atoms with van der Waals surface area (Å²) in [7, 11) is -1.94. The van der Waals surface area contributed by atoms with Crippen LogP contribution in [0.4, 0.5) is 4.39 Å². The van der Waals surface area contributed by atoms with Crippen LogP contribution in [0.1, 0.15) is 11.5 Å². The van der Waals surface area contributed by atoms with Gasteiger partial charge in [0.1, 0.15) is 5.82 Å². The molecule has 0 saturated carbocycles. The number of hydrogen-bond donors (Lipinski definition) is 0. The molecule has 1 aliphatic rings. The number of nitrogens with zero attached hydrogens (tertiary/aromatic N) is 3. The molecule has 3 rings (SSSR count). The molecule has 25 heavy (non-hydrogen) atoms. The zero-order chi connectivity index (χ0) is 18.2. The number of rotatable bonds is 4. The Labute approximate surface area is 162 Å². The van der Waals surface area contributed by atoms with Gasteiger partial charge in [-0.25, -0.2) is 17.8 Å². The molecule has 1 aliphatic heterocycles. The first-order valence-corrected chi connectivity index (χ1v) is 10.6. The zero-order valence-electron chi connectivity index (χ0n) is 13.3. The molecule has 1 fully saturated rings. The lowest BCUT2D eigenvalue weighted by Gasteiger charge is -2.16. The van der Waals surface area contributed by atoms with Crippen molar-refractivity contribution in [1.82, 2.24) is 13.9 Å². The molecule has 1 saturated heterocycles. The highest BCUT2D eigenvalue weighted by molar-refractivity contribution is 9.28. The normalized spacial score (nSPS) is 21.4. The second-order valence-corrected chi connectivity index (χ2v) is 10.6. The van der Waals surface area contributed by atoms with Crippen molar-refractivity contribution in [3.63, 3.8) is 0 Å². The molecule has 0 bridgehead atoms. The summed E-state index contributed by atoms with van der Waals surface area (Å²) in [6.07, 6.45) is 4.89. The summed E-state index contributed by atoms with van der Waals surface area (Å²) in [4.78, 5) is 3.98. The van der Waals surface area contributed by atoms with E-state index < -0.39 is 10.0 Å². The van der Waals surface area contributed by atoms with Crippen LogP contribution in [0.2, 0.25) is 0 Å². The van der Waals surface area contributed by atoms with Crippen molar-refractivity contribution < 1.29 is 12.8 Å². The van der Waals surface area contributed by atoms with Crippen molar-refractivity contribution >= 4 is 41.9 Å². The van der Waals surface area contributed by atoms with Crippen LogP contribution in [0.5, 0.6) is 0 Å². The fourth-order valence-corrected chi connectivity index (χ4v) is 5.18. The Morgan fingerprint density at radius 3 is 2.52 bits per heavy atom. The van der Waals surface area contributed by atoms with Crippen molar-refractivity contribution in [3.05, 3.63) is 57.6 Å². The van der Waals surface area contributed by atoms with Gasteiger partial charge in [0.25, 0.3) is 10.0 Å². The number of sulfonamides is 1. The van der Waals surface area contributed by atoms with Crippen LogP contribution < -0.4 is 0 Å². The molecule has 2 heterocycles. The predicted molar refractivity (Wildman–Crippen MR) is 101 cm³/mol. The van der Waals surface area contributed by atoms with Gasteiger partial charge in [-0.1, -0.05) is 18.2 Å². The SMILES string of the molecule is Cn1cnc(S(=O)(=O)N2C[C@H](c3ccc(F)cc3)[C@@H](C=C(Br)Br)C2)c1. The van der Waals surface area contributed by atoms with Gasteiger partial charge in [-0.2, -0.15) is 4.31 Å². The molecule has 5 nitrogen and oxygen atoms in total. The smallest absolute Gasteiger partial charge is 0.262 e. The average Bonchev–Trinajstić information content (AvgIpc) is 3.15. The van der Waals surface area contributed by atoms with Crippen molar-refractivity contribution in [1.29, 1.82) is 0 Å². The molecule has 0 aliphatic carbocycles. The molecular weight excluding hydrogens is 477 g/mol. The zero-order valence-corrected chi connectivity index (χ0v) is 17.3. The highest BCUT2D eigenvalue weighted by Crippen LogP contribution is 2.38. The monoisotopic (exact) mass is 491 g/mol. The Kier molecular flexibility index (Phi) is 5.48. The minimum absolute atomic E-state index is 0.0374. The summed E-state index contributed by atoms with van der Waals surface area (Å²) in [6.45, 7) is 0.653. The first-order valence-electron chi connectivity index (χ1n) is 7.54. The van der Waals surface area contributed by atoms with E-state index in [0.717, 1.165) is 8.96 Å². The third-order valence-electron chi connectivity index (χ3n) is 4.26. The Morgan fingerprint density at radius 2 is 1.96 bits per heavy atom. The summed E-state index contributed by atoms with van der Waals surface area (Å²) in [5, 5.41) is 0.0374. The van der Waals surface area contributed by atoms with Gasteiger partial charge < -0.3 is 4.57 Å². The van der Waals surface area contributed by atoms with Crippen LogP contribution in [0, 0.1) is 11.7 Å². The van der Waals surface area contributed by atoms with E-state index in [-0.39, 0.29) is 22.7 Å². The maximum Gasteiger partial charge on any atom is 0.262 e. The summed E-state index contributed by atoms with van der Waals surface area (Å²) in [5.41, 5.74) is 0.905. The van der Waals surface area contributed by atoms with Gasteiger partial charge in [0.15, 0.2) is 5.03 Å². The summed E-state index contributed by atoms with van der Waals surface area (Å²) >= 11 is 6.70. The van der Waals surface area contributed by atoms with E-state index in [2.05, 4.69) is 36.8 Å². The standard InChI is InChI=1S/C16H16Br2FN3O2S/c1-21-9-16(20-10-21)25(23,24)22-7-12(6-15(17)18)14(8-22)11-2-4-13(19)5-3-11/h2-6,9-10,12,14H,7-8H2,1H3/t12-,14+/m0/s1. The van der Waals surface area contributed by atoms with Gasteiger partial charge in [0.2, 0.25) is 0 Å². The third-order valence-corrected chi connectivity index (χ3v) is 6.50. The van der Waals surface area contributed by atoms with Crippen LogP contribution in [-0.4, -0.2) is 35.4 Å². The molecule has 1 aromatic heterocycles. The topological polar surface area (TPSA) is 55.2 Å². The molecule has 0 unspecified atom stereocenters. The van der Waals surface area contributed by atoms with Crippen molar-refractivity contribution in [2.45, 2.75) is 10.9 Å². The van der Waals surface area contributed by atoms with Gasteiger partial charge >= 0.3 is 0 Å². The minimum atomic E-state index is -3.67. The highest BCUT2D eigenvalue weighted by atomic mass is 79.9. The minimum Gasteiger partial charge on any atom is -0.339 e. The Hall–Kier alpha value is -1.03. The van der Waals surface area contributed by atoms with Crippen LogP contribution >= 0.6 is 31.9 Å². The molecule has 0 N–H and O–H groups in total. The molecule has 9 heteroatoms. The van der Waals surface area contributed by atoms with Gasteiger partial charge in [0.05, 0.1) is 9.72 Å². The average molecular weight is 493 g/mol. The molecule has 1 aromatic carbocycles. The van der Waals surface area contributed by atoms with E-state index in [1.807, 2.05) is 6.08 Å². The van der Waals surface area contributed by atoms with Gasteiger partial charge in [-0.15, -0.1) is 0 Å². The molecule has 0 spiro atoms. The lowest BCUT2D eigenvalue weighted by molar-refractivity contribution is 0.466. The Bertz CT molecular complexity index is 892. The van der Waals surface area contributed by atoms with Gasteiger partial charge in [0, 0.05) is 38.2 Å². The van der Waals surface area contributed by atoms with Crippen LogP contribution in [0.3, 0.4) is 0 Å². The predicted octanol–water partition coefficient (Wildman–Crippen LogP) is 3.59. The van der Waals surface area contributed by atoms with Crippen molar-refractivity contribution in [2.75, 3.05) is 13.1 Å². The summed E-state index contributed by atoms with van der Waals surface area (Å²) < 4.78 is 42.7. The fraction of sp³-hybridized carbons (Fsp3) is 0.312. The first kappa shape index (κ1) is 18.8. The molecule has 0 radical (unpaired) electrons. The molecule has 2 atom stereocenters.